The normalized spacial score (nSPS) is 11.7. The van der Waals surface area contributed by atoms with E-state index < -0.39 is 0 Å². The largest absolute Gasteiger partial charge is 0.455 e. The van der Waals surface area contributed by atoms with E-state index in [1.54, 1.807) is 22.7 Å². The van der Waals surface area contributed by atoms with Crippen molar-refractivity contribution in [3.63, 3.8) is 0 Å². The molecule has 0 atom stereocenters. The Morgan fingerprint density at radius 3 is 1.08 bits per heavy atom. The maximum absolute atomic E-state index is 6.44. The SMILES string of the molecule is c1ccc(-c2nc(-c3ccccc3)nc(-c3ccc(-c4nc5ccc(-c6cccc7c6oc6ccccc67)cc5c5c4sc4ccccc45)cc3)n2)cc1.c1ccc(-c2nc(-c3ccccc3)nc(-c3cccc(-c4nc5ccc(-c6cccc7sc8ccccc8c67)cc5c5c4sc4ccccc45)c3)n2)cc1. The molecule has 0 radical (unpaired) electrons. The van der Waals surface area contributed by atoms with E-state index in [-0.39, 0.29) is 0 Å². The van der Waals surface area contributed by atoms with Crippen LogP contribution in [0.4, 0.5) is 0 Å². The van der Waals surface area contributed by atoms with Gasteiger partial charge >= 0.3 is 0 Å². The van der Waals surface area contributed by atoms with Crippen LogP contribution in [0, 0.1) is 0 Å². The van der Waals surface area contributed by atoms with Gasteiger partial charge in [-0.15, -0.1) is 34.0 Å². The number of hydrogen-bond acceptors (Lipinski definition) is 12. The molecule has 0 spiro atoms. The van der Waals surface area contributed by atoms with Crippen LogP contribution in [0.2, 0.25) is 0 Å². The smallest absolute Gasteiger partial charge is 0.164 e. The van der Waals surface area contributed by atoms with E-state index in [2.05, 4.69) is 206 Å². The van der Waals surface area contributed by atoms with Crippen LogP contribution < -0.4 is 0 Å². The van der Waals surface area contributed by atoms with Crippen LogP contribution in [0.5, 0.6) is 0 Å². The fourth-order valence-corrected chi connectivity index (χ4v) is 18.7. The molecule has 0 saturated heterocycles. The van der Waals surface area contributed by atoms with Crippen molar-refractivity contribution < 1.29 is 4.42 Å². The van der Waals surface area contributed by atoms with Gasteiger partial charge in [0, 0.05) is 123 Å². The zero-order chi connectivity index (χ0) is 71.2. The van der Waals surface area contributed by atoms with Crippen molar-refractivity contribution in [3.05, 3.63) is 340 Å². The van der Waals surface area contributed by atoms with Gasteiger partial charge in [0.25, 0.3) is 0 Å². The molecule has 8 aromatic heterocycles. The van der Waals surface area contributed by atoms with Crippen molar-refractivity contribution in [3.8, 4) is 113 Å². The highest BCUT2D eigenvalue weighted by Gasteiger charge is 2.23. The van der Waals surface area contributed by atoms with Crippen molar-refractivity contribution >= 4 is 138 Å². The first-order valence-electron chi connectivity index (χ1n) is 35.8. The molecule has 0 amide bonds. The summed E-state index contributed by atoms with van der Waals surface area (Å²) in [5, 5.41) is 12.1. The zero-order valence-corrected chi connectivity index (χ0v) is 60.0. The number of rotatable bonds is 10. The predicted molar refractivity (Wildman–Crippen MR) is 451 cm³/mol. The summed E-state index contributed by atoms with van der Waals surface area (Å²) in [4.78, 5) is 40.5. The molecule has 0 fully saturated rings. The van der Waals surface area contributed by atoms with Gasteiger partial charge in [-0.2, -0.15) is 0 Å². The van der Waals surface area contributed by atoms with E-state index in [0.717, 1.165) is 115 Å². The third-order valence-corrected chi connectivity index (χ3v) is 23.7. The number of fused-ring (bicyclic) bond motifs is 16. The lowest BCUT2D eigenvalue weighted by atomic mass is 9.96. The lowest BCUT2D eigenvalue weighted by Gasteiger charge is -2.12. The van der Waals surface area contributed by atoms with Gasteiger partial charge in [0.15, 0.2) is 34.9 Å². The number of hydrogen-bond donors (Lipinski definition) is 0. The van der Waals surface area contributed by atoms with Crippen LogP contribution in [-0.4, -0.2) is 39.9 Å². The first-order chi connectivity index (χ1) is 53.5. The summed E-state index contributed by atoms with van der Waals surface area (Å²) < 4.78 is 13.9. The molecule has 0 aliphatic heterocycles. The Hall–Kier alpha value is -13.6. The number of benzene rings is 14. The van der Waals surface area contributed by atoms with Crippen molar-refractivity contribution in [2.24, 2.45) is 0 Å². The molecule has 0 unspecified atom stereocenters. The zero-order valence-electron chi connectivity index (χ0n) is 57.5. The molecule has 12 heteroatoms. The molecule has 0 saturated carbocycles. The molecule has 22 rings (SSSR count). The standard InChI is InChI=1S/C48H28N4OS.C48H28N4S2/c1-3-12-30(13-4-1)46-50-47(31-14-5-2-6-15-31)52-48(51-46)32-24-22-29(23-25-32)43-45-42(37-17-8-10-21-41(37)54-45)38-28-33(26-27-39(38)49-43)34-18-11-19-36-35-16-7-9-20-40(35)53-44(34)36;1-3-13-29(14-4-1)46-50-47(30-15-5-2-6-16-30)52-48(51-46)33-18-11-17-32(27-33)44-45-43(36-20-8-10-23-40(36)54-45)37-28-31(25-26-38(37)49-44)34-21-12-24-41-42(34)35-19-7-9-22-39(35)53-41/h2*1-28H. The third-order valence-electron chi connectivity index (χ3n) is 20.3. The molecule has 22 aromatic rings. The maximum atomic E-state index is 6.44. The van der Waals surface area contributed by atoms with Crippen LogP contribution in [0.25, 0.3) is 217 Å². The third kappa shape index (κ3) is 11.0. The number of nitrogens with zero attached hydrogens (tertiary/aromatic N) is 8. The van der Waals surface area contributed by atoms with Gasteiger partial charge in [0.2, 0.25) is 0 Å². The molecular formula is C96H56N8OS3. The number of aromatic nitrogens is 8. The summed E-state index contributed by atoms with van der Waals surface area (Å²) in [5.41, 5.74) is 17.9. The summed E-state index contributed by atoms with van der Waals surface area (Å²) >= 11 is 5.45. The van der Waals surface area contributed by atoms with Gasteiger partial charge in [-0.3, -0.25) is 0 Å². The summed E-state index contributed by atoms with van der Waals surface area (Å²) in [5.74, 6) is 3.81. The highest BCUT2D eigenvalue weighted by molar-refractivity contribution is 7.27. The fourth-order valence-electron chi connectivity index (χ4n) is 15.1. The van der Waals surface area contributed by atoms with Gasteiger partial charge in [-0.05, 0) is 77.4 Å². The average molecular weight is 1430 g/mol. The van der Waals surface area contributed by atoms with Gasteiger partial charge in [0.1, 0.15) is 11.2 Å². The van der Waals surface area contributed by atoms with E-state index in [9.17, 15) is 0 Å². The molecule has 14 aromatic carbocycles. The summed E-state index contributed by atoms with van der Waals surface area (Å²) in [6.45, 7) is 0. The molecule has 0 N–H and O–H groups in total. The minimum Gasteiger partial charge on any atom is -0.455 e. The molecule has 9 nitrogen and oxygen atoms in total. The Kier molecular flexibility index (Phi) is 15.3. The topological polar surface area (TPSA) is 116 Å². The van der Waals surface area contributed by atoms with E-state index in [4.69, 9.17) is 44.3 Å². The lowest BCUT2D eigenvalue weighted by molar-refractivity contribution is 0.670. The highest BCUT2D eigenvalue weighted by atomic mass is 32.1. The molecule has 108 heavy (non-hydrogen) atoms. The van der Waals surface area contributed by atoms with E-state index in [1.165, 1.54) is 66.9 Å². The molecule has 0 aliphatic rings. The van der Waals surface area contributed by atoms with Gasteiger partial charge in [0.05, 0.1) is 31.8 Å². The Bertz CT molecular complexity index is 7190. The van der Waals surface area contributed by atoms with Crippen molar-refractivity contribution in [2.45, 2.75) is 0 Å². The summed E-state index contributed by atoms with van der Waals surface area (Å²) in [6.07, 6.45) is 0. The van der Waals surface area contributed by atoms with Gasteiger partial charge in [-0.25, -0.2) is 39.9 Å². The van der Waals surface area contributed by atoms with E-state index in [1.807, 2.05) is 145 Å². The van der Waals surface area contributed by atoms with Crippen LogP contribution in [0.3, 0.4) is 0 Å². The highest BCUT2D eigenvalue weighted by Crippen LogP contribution is 2.48. The molecule has 8 heterocycles. The second kappa shape index (κ2) is 26.2. The van der Waals surface area contributed by atoms with E-state index in [0.29, 0.717) is 34.9 Å². The molecular weight excluding hydrogens is 1380 g/mol. The second-order valence-electron chi connectivity index (χ2n) is 26.8. The number of pyridine rings is 2. The molecule has 504 valence electrons. The van der Waals surface area contributed by atoms with E-state index >= 15 is 0 Å². The van der Waals surface area contributed by atoms with Crippen LogP contribution in [0.15, 0.2) is 344 Å². The Balaban J connectivity index is 0.000000138. The second-order valence-corrected chi connectivity index (χ2v) is 30.0. The lowest BCUT2D eigenvalue weighted by Crippen LogP contribution is -2.00. The average Bonchev–Trinajstić information content (AvgIpc) is 1.54. The first kappa shape index (κ1) is 62.9. The van der Waals surface area contributed by atoms with Gasteiger partial charge in [-0.1, -0.05) is 279 Å². The van der Waals surface area contributed by atoms with Crippen LogP contribution in [0.1, 0.15) is 0 Å². The van der Waals surface area contributed by atoms with Crippen molar-refractivity contribution in [2.75, 3.05) is 0 Å². The van der Waals surface area contributed by atoms with Crippen molar-refractivity contribution in [1.29, 1.82) is 0 Å². The quantitative estimate of drug-likeness (QED) is 0.132. The number of furan rings is 1. The minimum absolute atomic E-state index is 0.623. The number of para-hydroxylation sites is 2. The Morgan fingerprint density at radius 2 is 0.556 bits per heavy atom. The monoisotopic (exact) mass is 1430 g/mol. The van der Waals surface area contributed by atoms with Crippen LogP contribution in [-0.2, 0) is 0 Å². The molecule has 0 bridgehead atoms. The Morgan fingerprint density at radius 1 is 0.204 bits per heavy atom. The van der Waals surface area contributed by atoms with Gasteiger partial charge < -0.3 is 4.42 Å². The summed E-state index contributed by atoms with van der Waals surface area (Å²) in [7, 11) is 0. The minimum atomic E-state index is 0.623. The molecule has 0 aliphatic carbocycles. The fraction of sp³-hybridized carbons (Fsp3) is 0. The summed E-state index contributed by atoms with van der Waals surface area (Å²) in [6, 6.07) is 118. The maximum Gasteiger partial charge on any atom is 0.164 e. The first-order valence-corrected chi connectivity index (χ1v) is 38.2. The predicted octanol–water partition coefficient (Wildman–Crippen LogP) is 26.5. The van der Waals surface area contributed by atoms with Crippen LogP contribution >= 0.6 is 34.0 Å². The Labute approximate surface area is 630 Å². The number of thiophene rings is 3. The van der Waals surface area contributed by atoms with Crippen molar-refractivity contribution in [1.82, 2.24) is 39.9 Å².